The molecule has 11 heteroatoms. The van der Waals surface area contributed by atoms with Crippen molar-refractivity contribution in [3.63, 3.8) is 0 Å². The second kappa shape index (κ2) is 8.11. The molecule has 2 aromatic heterocycles. The number of carbonyl (C=O) groups excluding carboxylic acids is 2. The number of aryl methyl sites for hydroxylation is 1. The largest absolute Gasteiger partial charge is 0.479 e. The third-order valence-corrected chi connectivity index (χ3v) is 4.76. The molecule has 0 aliphatic carbocycles. The molecule has 0 aliphatic rings. The standard InChI is InChI=1S/C13H17N5O4S2/c1-5-22-11(20)7(2)23-13-16-15-12(24-13)14-9(19)8-6-18(3)17-10(8)21-4/h6-7H,5H2,1-4H3,(H,14,15,19). The number of nitrogens with one attached hydrogen (secondary N) is 1. The van der Waals surface area contributed by atoms with Gasteiger partial charge < -0.3 is 9.47 Å². The van der Waals surface area contributed by atoms with Crippen molar-refractivity contribution in [3.8, 4) is 5.88 Å². The number of methoxy groups -OCH3 is 1. The molecule has 0 spiro atoms. The van der Waals surface area contributed by atoms with Gasteiger partial charge in [0, 0.05) is 13.2 Å². The summed E-state index contributed by atoms with van der Waals surface area (Å²) in [5.74, 6) is -0.487. The first-order chi connectivity index (χ1) is 11.4. The Morgan fingerprint density at radius 2 is 2.21 bits per heavy atom. The highest BCUT2D eigenvalue weighted by atomic mass is 32.2. The van der Waals surface area contributed by atoms with Crippen molar-refractivity contribution in [2.75, 3.05) is 19.0 Å². The van der Waals surface area contributed by atoms with Crippen molar-refractivity contribution in [3.05, 3.63) is 11.8 Å². The molecule has 130 valence electrons. The molecule has 0 saturated heterocycles. The van der Waals surface area contributed by atoms with Gasteiger partial charge in [-0.2, -0.15) is 0 Å². The summed E-state index contributed by atoms with van der Waals surface area (Å²) in [7, 11) is 3.13. The number of esters is 1. The van der Waals surface area contributed by atoms with E-state index in [4.69, 9.17) is 9.47 Å². The molecule has 0 saturated carbocycles. The van der Waals surface area contributed by atoms with E-state index in [0.717, 1.165) is 0 Å². The molecule has 2 heterocycles. The number of carbonyl (C=O) groups is 2. The van der Waals surface area contributed by atoms with Crippen LogP contribution in [0.25, 0.3) is 0 Å². The van der Waals surface area contributed by atoms with Gasteiger partial charge in [-0.3, -0.25) is 19.6 Å². The molecule has 1 unspecified atom stereocenters. The lowest BCUT2D eigenvalue weighted by molar-refractivity contribution is -0.142. The number of aromatic nitrogens is 4. The number of rotatable bonds is 7. The molecule has 2 rings (SSSR count). The molecule has 0 fully saturated rings. The van der Waals surface area contributed by atoms with Crippen molar-refractivity contribution in [2.45, 2.75) is 23.4 Å². The van der Waals surface area contributed by atoms with Crippen molar-refractivity contribution < 1.29 is 19.1 Å². The van der Waals surface area contributed by atoms with Gasteiger partial charge in [0.25, 0.3) is 5.91 Å². The van der Waals surface area contributed by atoms with Gasteiger partial charge in [-0.05, 0) is 13.8 Å². The first kappa shape index (κ1) is 18.2. The maximum Gasteiger partial charge on any atom is 0.319 e. The molecule has 9 nitrogen and oxygen atoms in total. The van der Waals surface area contributed by atoms with Crippen LogP contribution in [0.5, 0.6) is 5.88 Å². The molecule has 24 heavy (non-hydrogen) atoms. The van der Waals surface area contributed by atoms with Crippen LogP contribution in [-0.4, -0.2) is 50.8 Å². The average molecular weight is 371 g/mol. The highest BCUT2D eigenvalue weighted by molar-refractivity contribution is 8.02. The van der Waals surface area contributed by atoms with E-state index < -0.39 is 11.2 Å². The summed E-state index contributed by atoms with van der Waals surface area (Å²) in [6.07, 6.45) is 1.55. The van der Waals surface area contributed by atoms with Gasteiger partial charge in [-0.1, -0.05) is 23.1 Å². The van der Waals surface area contributed by atoms with Crippen LogP contribution in [0.1, 0.15) is 24.2 Å². The zero-order valence-electron chi connectivity index (χ0n) is 13.6. The topological polar surface area (TPSA) is 108 Å². The Kier molecular flexibility index (Phi) is 6.15. The van der Waals surface area contributed by atoms with Gasteiger partial charge in [-0.25, -0.2) is 0 Å². The van der Waals surface area contributed by atoms with Crippen LogP contribution in [0.2, 0.25) is 0 Å². The molecule has 0 radical (unpaired) electrons. The van der Waals surface area contributed by atoms with E-state index in [1.807, 2.05) is 0 Å². The normalized spacial score (nSPS) is 11.8. The molecule has 0 aliphatic heterocycles. The maximum atomic E-state index is 12.2. The van der Waals surface area contributed by atoms with Gasteiger partial charge in [0.2, 0.25) is 11.0 Å². The van der Waals surface area contributed by atoms with Gasteiger partial charge in [-0.15, -0.1) is 15.3 Å². The lowest BCUT2D eigenvalue weighted by Crippen LogP contribution is -2.16. The van der Waals surface area contributed by atoms with E-state index in [-0.39, 0.29) is 11.8 Å². The van der Waals surface area contributed by atoms with E-state index in [1.165, 1.54) is 34.9 Å². The lowest BCUT2D eigenvalue weighted by Gasteiger charge is -2.06. The van der Waals surface area contributed by atoms with Crippen molar-refractivity contribution >= 4 is 40.1 Å². The number of hydrogen-bond acceptors (Lipinski definition) is 9. The summed E-state index contributed by atoms with van der Waals surface area (Å²) in [6.45, 7) is 3.80. The van der Waals surface area contributed by atoms with Crippen LogP contribution in [0.4, 0.5) is 5.13 Å². The quantitative estimate of drug-likeness (QED) is 0.444. The third kappa shape index (κ3) is 4.45. The van der Waals surface area contributed by atoms with Gasteiger partial charge in [0.1, 0.15) is 10.8 Å². The Morgan fingerprint density at radius 1 is 1.46 bits per heavy atom. The molecule has 0 aromatic carbocycles. The van der Waals surface area contributed by atoms with E-state index >= 15 is 0 Å². The average Bonchev–Trinajstić information content (AvgIpc) is 3.13. The monoisotopic (exact) mass is 371 g/mol. The van der Waals surface area contributed by atoms with Crippen LogP contribution in [0.15, 0.2) is 10.5 Å². The lowest BCUT2D eigenvalue weighted by atomic mass is 10.3. The van der Waals surface area contributed by atoms with Crippen LogP contribution >= 0.6 is 23.1 Å². The molecular formula is C13H17N5O4S2. The zero-order chi connectivity index (χ0) is 17.7. The first-order valence-corrected chi connectivity index (χ1v) is 8.70. The fourth-order valence-electron chi connectivity index (χ4n) is 1.71. The fraction of sp³-hybridized carbons (Fsp3) is 0.462. The van der Waals surface area contributed by atoms with Crippen LogP contribution < -0.4 is 10.1 Å². The van der Waals surface area contributed by atoms with Gasteiger partial charge in [0.15, 0.2) is 4.34 Å². The smallest absolute Gasteiger partial charge is 0.319 e. The number of ether oxygens (including phenoxy) is 2. The summed E-state index contributed by atoms with van der Waals surface area (Å²) in [5, 5.41) is 14.4. The van der Waals surface area contributed by atoms with E-state index in [9.17, 15) is 9.59 Å². The summed E-state index contributed by atoms with van der Waals surface area (Å²) in [4.78, 5) is 23.9. The molecule has 1 N–H and O–H groups in total. The summed E-state index contributed by atoms with van der Waals surface area (Å²) < 4.78 is 12.0. The Hall–Kier alpha value is -2.14. The summed E-state index contributed by atoms with van der Waals surface area (Å²) in [6, 6.07) is 0. The maximum absolute atomic E-state index is 12.2. The number of nitrogens with zero attached hydrogens (tertiary/aromatic N) is 4. The zero-order valence-corrected chi connectivity index (χ0v) is 15.2. The van der Waals surface area contributed by atoms with Crippen molar-refractivity contribution in [1.82, 2.24) is 20.0 Å². The van der Waals surface area contributed by atoms with Crippen molar-refractivity contribution in [2.24, 2.45) is 7.05 Å². The minimum Gasteiger partial charge on any atom is -0.479 e. The van der Waals surface area contributed by atoms with E-state index in [1.54, 1.807) is 27.1 Å². The highest BCUT2D eigenvalue weighted by Crippen LogP contribution is 2.29. The Bertz CT molecular complexity index is 730. The number of amides is 1. The summed E-state index contributed by atoms with van der Waals surface area (Å²) >= 11 is 2.40. The second-order valence-corrected chi connectivity index (χ2v) is 7.13. The minimum absolute atomic E-state index is 0.227. The van der Waals surface area contributed by atoms with E-state index in [2.05, 4.69) is 20.6 Å². The second-order valence-electron chi connectivity index (χ2n) is 4.57. The fourth-order valence-corrected chi connectivity index (χ4v) is 3.60. The highest BCUT2D eigenvalue weighted by Gasteiger charge is 2.20. The molecule has 1 atom stereocenters. The molecule has 1 amide bonds. The molecule has 2 aromatic rings. The van der Waals surface area contributed by atoms with E-state index in [0.29, 0.717) is 21.6 Å². The minimum atomic E-state index is -0.403. The summed E-state index contributed by atoms with van der Waals surface area (Å²) in [5.41, 5.74) is 0.296. The van der Waals surface area contributed by atoms with Crippen LogP contribution in [0, 0.1) is 0 Å². The Labute approximate surface area is 146 Å². The predicted molar refractivity (Wildman–Crippen MR) is 89.6 cm³/mol. The molecule has 0 bridgehead atoms. The third-order valence-electron chi connectivity index (χ3n) is 2.76. The van der Waals surface area contributed by atoms with Crippen molar-refractivity contribution in [1.29, 1.82) is 0 Å². The Balaban J connectivity index is 2.00. The Morgan fingerprint density at radius 3 is 2.88 bits per heavy atom. The number of thioether (sulfide) groups is 1. The number of hydrogen-bond donors (Lipinski definition) is 1. The first-order valence-electron chi connectivity index (χ1n) is 7.00. The van der Waals surface area contributed by atoms with Crippen LogP contribution in [-0.2, 0) is 16.6 Å². The van der Waals surface area contributed by atoms with Crippen LogP contribution in [0.3, 0.4) is 0 Å². The molecular weight excluding hydrogens is 354 g/mol. The van der Waals surface area contributed by atoms with Gasteiger partial charge >= 0.3 is 5.97 Å². The van der Waals surface area contributed by atoms with Gasteiger partial charge in [0.05, 0.1) is 13.7 Å². The number of anilines is 1. The SMILES string of the molecule is CCOC(=O)C(C)Sc1nnc(NC(=O)c2cn(C)nc2OC)s1. The predicted octanol–water partition coefficient (Wildman–Crippen LogP) is 1.58.